The van der Waals surface area contributed by atoms with E-state index in [1.165, 1.54) is 6.92 Å². The topological polar surface area (TPSA) is 57.5 Å². The zero-order valence-electron chi connectivity index (χ0n) is 8.23. The Kier molecular flexibility index (Phi) is 2.45. The Bertz CT molecular complexity index is 511. The highest BCUT2D eigenvalue weighted by molar-refractivity contribution is 5.81. The lowest BCUT2D eigenvalue weighted by atomic mass is 10.2. The van der Waals surface area contributed by atoms with Crippen molar-refractivity contribution in [2.45, 2.75) is 6.92 Å². The van der Waals surface area contributed by atoms with Gasteiger partial charge in [0.05, 0.1) is 12.4 Å². The molecule has 4 heteroatoms. The van der Waals surface area contributed by atoms with Gasteiger partial charge in [0.1, 0.15) is 5.69 Å². The molecule has 1 atom stereocenters. The normalized spacial score (nSPS) is 12.7. The number of hydrogen-bond acceptors (Lipinski definition) is 3. The van der Waals surface area contributed by atoms with Crippen LogP contribution in [0.15, 0.2) is 36.5 Å². The SMILES string of the molecule is CC(=O)[NH+]([O-])c1ccc2ncccc2c1. The Morgan fingerprint density at radius 1 is 1.40 bits per heavy atom. The molecule has 0 radical (unpaired) electrons. The molecule has 1 N–H and O–H groups in total. The molecule has 15 heavy (non-hydrogen) atoms. The summed E-state index contributed by atoms with van der Waals surface area (Å²) in [6.45, 7) is 1.27. The Balaban J connectivity index is 2.51. The van der Waals surface area contributed by atoms with Gasteiger partial charge in [0, 0.05) is 23.7 Å². The van der Waals surface area contributed by atoms with Crippen molar-refractivity contribution in [3.8, 4) is 0 Å². The quantitative estimate of drug-likeness (QED) is 0.696. The lowest BCUT2D eigenvalue weighted by Crippen LogP contribution is -3.04. The summed E-state index contributed by atoms with van der Waals surface area (Å²) in [4.78, 5) is 15.0. The predicted molar refractivity (Wildman–Crippen MR) is 56.4 cm³/mol. The van der Waals surface area contributed by atoms with Gasteiger partial charge in [-0.25, -0.2) is 4.79 Å². The second-order valence-electron chi connectivity index (χ2n) is 3.30. The molecule has 4 nitrogen and oxygen atoms in total. The molecule has 76 valence electrons. The highest BCUT2D eigenvalue weighted by atomic mass is 16.5. The van der Waals surface area contributed by atoms with Crippen LogP contribution in [0.3, 0.4) is 0 Å². The fraction of sp³-hybridized carbons (Fsp3) is 0.0909. The number of pyridine rings is 1. The van der Waals surface area contributed by atoms with Gasteiger partial charge in [-0.3, -0.25) is 10.0 Å². The van der Waals surface area contributed by atoms with Gasteiger partial charge < -0.3 is 5.21 Å². The van der Waals surface area contributed by atoms with Gasteiger partial charge in [0.25, 0.3) is 0 Å². The average Bonchev–Trinajstić information content (AvgIpc) is 2.27. The van der Waals surface area contributed by atoms with E-state index in [4.69, 9.17) is 0 Å². The fourth-order valence-electron chi connectivity index (χ4n) is 1.42. The van der Waals surface area contributed by atoms with E-state index in [0.29, 0.717) is 5.69 Å². The number of aromatic nitrogens is 1. The molecule has 0 fully saturated rings. The van der Waals surface area contributed by atoms with Gasteiger partial charge >= 0.3 is 5.91 Å². The van der Waals surface area contributed by atoms with Gasteiger partial charge in [-0.2, -0.15) is 0 Å². The van der Waals surface area contributed by atoms with E-state index in [0.717, 1.165) is 10.9 Å². The van der Waals surface area contributed by atoms with Crippen LogP contribution in [-0.2, 0) is 4.79 Å². The highest BCUT2D eigenvalue weighted by Crippen LogP contribution is 2.13. The maximum atomic E-state index is 11.4. The molecule has 1 aromatic heterocycles. The summed E-state index contributed by atoms with van der Waals surface area (Å²) in [7, 11) is 0. The maximum absolute atomic E-state index is 11.4. The van der Waals surface area contributed by atoms with E-state index >= 15 is 0 Å². The second-order valence-corrected chi connectivity index (χ2v) is 3.30. The first-order chi connectivity index (χ1) is 7.18. The van der Waals surface area contributed by atoms with Crippen molar-refractivity contribution in [2.75, 3.05) is 0 Å². The zero-order valence-corrected chi connectivity index (χ0v) is 8.23. The van der Waals surface area contributed by atoms with Gasteiger partial charge in [0.15, 0.2) is 0 Å². The Morgan fingerprint density at radius 3 is 2.93 bits per heavy atom. The van der Waals surface area contributed by atoms with Crippen LogP contribution in [-0.4, -0.2) is 10.9 Å². The summed E-state index contributed by atoms with van der Waals surface area (Å²) in [5, 5.41) is 11.8. The van der Waals surface area contributed by atoms with Crippen LogP contribution in [0.4, 0.5) is 5.69 Å². The molecule has 1 aromatic carbocycles. The first-order valence-corrected chi connectivity index (χ1v) is 4.58. The molecule has 1 heterocycles. The molecule has 0 bridgehead atoms. The van der Waals surface area contributed by atoms with Crippen molar-refractivity contribution in [1.82, 2.24) is 4.98 Å². The van der Waals surface area contributed by atoms with Crippen molar-refractivity contribution < 1.29 is 9.86 Å². The smallest absolute Gasteiger partial charge is 0.313 e. The van der Waals surface area contributed by atoms with Gasteiger partial charge in [-0.15, -0.1) is 0 Å². The van der Waals surface area contributed by atoms with E-state index in [2.05, 4.69) is 4.98 Å². The molecule has 0 aliphatic carbocycles. The highest BCUT2D eigenvalue weighted by Gasteiger charge is 2.08. The second kappa shape index (κ2) is 3.76. The molecule has 0 saturated heterocycles. The molecule has 0 saturated carbocycles. The lowest BCUT2D eigenvalue weighted by Gasteiger charge is -2.17. The number of benzene rings is 1. The first kappa shape index (κ1) is 9.76. The summed E-state index contributed by atoms with van der Waals surface area (Å²) in [5.41, 5.74) is 1.24. The molecular weight excluding hydrogens is 192 g/mol. The largest absolute Gasteiger partial charge is 0.621 e. The third-order valence-corrected chi connectivity index (χ3v) is 2.18. The minimum absolute atomic E-state index is 0.419. The van der Waals surface area contributed by atoms with Gasteiger partial charge in [0.2, 0.25) is 0 Å². The van der Waals surface area contributed by atoms with Crippen molar-refractivity contribution >= 4 is 22.5 Å². The lowest BCUT2D eigenvalue weighted by molar-refractivity contribution is -0.687. The van der Waals surface area contributed by atoms with Gasteiger partial charge in [-0.1, -0.05) is 6.07 Å². The van der Waals surface area contributed by atoms with E-state index in [1.54, 1.807) is 30.5 Å². The van der Waals surface area contributed by atoms with E-state index in [-0.39, 0.29) is 0 Å². The summed E-state index contributed by atoms with van der Waals surface area (Å²) in [6, 6.07) is 8.71. The molecule has 1 amide bonds. The van der Waals surface area contributed by atoms with Crippen LogP contribution in [0.5, 0.6) is 0 Å². The monoisotopic (exact) mass is 202 g/mol. The summed E-state index contributed by atoms with van der Waals surface area (Å²) < 4.78 is 0. The van der Waals surface area contributed by atoms with Crippen LogP contribution >= 0.6 is 0 Å². The molecule has 0 spiro atoms. The van der Waals surface area contributed by atoms with Crippen LogP contribution < -0.4 is 5.06 Å². The number of carbonyl (C=O) groups is 1. The number of amides is 1. The Morgan fingerprint density at radius 2 is 2.20 bits per heavy atom. The Labute approximate surface area is 86.7 Å². The molecule has 1 unspecified atom stereocenters. The third-order valence-electron chi connectivity index (χ3n) is 2.18. The van der Waals surface area contributed by atoms with E-state index in [1.807, 2.05) is 6.07 Å². The van der Waals surface area contributed by atoms with Gasteiger partial charge in [-0.05, 0) is 12.1 Å². The predicted octanol–water partition coefficient (Wildman–Crippen LogP) is 0.795. The number of nitrogens with zero attached hydrogens (tertiary/aromatic N) is 1. The van der Waals surface area contributed by atoms with Crippen molar-refractivity contribution in [2.24, 2.45) is 0 Å². The molecule has 0 aliphatic rings. The molecule has 0 aliphatic heterocycles. The van der Waals surface area contributed by atoms with Crippen molar-refractivity contribution in [3.63, 3.8) is 0 Å². The third kappa shape index (κ3) is 1.86. The van der Waals surface area contributed by atoms with E-state index < -0.39 is 11.0 Å². The van der Waals surface area contributed by atoms with Crippen LogP contribution in [0.2, 0.25) is 0 Å². The number of nitrogens with one attached hydrogen (secondary N) is 1. The van der Waals surface area contributed by atoms with Crippen molar-refractivity contribution in [1.29, 1.82) is 0 Å². The minimum atomic E-state index is -0.458. The fourth-order valence-corrected chi connectivity index (χ4v) is 1.42. The minimum Gasteiger partial charge on any atom is -0.621 e. The molecule has 2 aromatic rings. The number of rotatable bonds is 1. The summed E-state index contributed by atoms with van der Waals surface area (Å²) in [6.07, 6.45) is 1.69. The molecular formula is C11H10N2O2. The number of hydroxylamine groups is 1. The Hall–Kier alpha value is -1.78. The van der Waals surface area contributed by atoms with Crippen LogP contribution in [0.1, 0.15) is 6.92 Å². The maximum Gasteiger partial charge on any atom is 0.313 e. The van der Waals surface area contributed by atoms with E-state index in [9.17, 15) is 10.0 Å². The number of hydrogen-bond donors (Lipinski definition) is 1. The van der Waals surface area contributed by atoms with Crippen LogP contribution in [0.25, 0.3) is 10.9 Å². The summed E-state index contributed by atoms with van der Waals surface area (Å²) in [5.74, 6) is -0.446. The van der Waals surface area contributed by atoms with Crippen molar-refractivity contribution in [3.05, 3.63) is 41.7 Å². The standard InChI is InChI=1S/C11H10N2O2/c1-8(14)13(15)10-4-5-11-9(7-10)3-2-6-12-11/h2-7,13H,1H3. The van der Waals surface area contributed by atoms with Crippen LogP contribution in [0, 0.1) is 5.21 Å². The molecule has 2 rings (SSSR count). The average molecular weight is 202 g/mol. The summed E-state index contributed by atoms with van der Waals surface area (Å²) >= 11 is 0. The first-order valence-electron chi connectivity index (χ1n) is 4.58. The zero-order chi connectivity index (χ0) is 10.8. The number of quaternary nitrogens is 1. The number of fused-ring (bicyclic) bond motifs is 1. The number of carbonyl (C=O) groups excluding carboxylic acids is 1.